The molecule has 10 nitrogen and oxygen atoms in total. The number of ether oxygens (including phenoxy) is 2. The molecule has 0 radical (unpaired) electrons. The van der Waals surface area contributed by atoms with Crippen molar-refractivity contribution < 1.29 is 28.6 Å². The Morgan fingerprint density at radius 1 is 1.10 bits per heavy atom. The van der Waals surface area contributed by atoms with Gasteiger partial charge in [-0.05, 0) is 54.7 Å². The topological polar surface area (TPSA) is 118 Å². The highest BCUT2D eigenvalue weighted by molar-refractivity contribution is 5.98. The highest BCUT2D eigenvalue weighted by Crippen LogP contribution is 2.30. The molecule has 0 spiro atoms. The molecule has 222 valence electrons. The number of nitrogens with one attached hydrogen (secondary N) is 2. The van der Waals surface area contributed by atoms with E-state index in [9.17, 15) is 19.1 Å². The summed E-state index contributed by atoms with van der Waals surface area (Å²) in [6, 6.07) is 10.9. The Labute approximate surface area is 243 Å². The lowest BCUT2D eigenvalue weighted by atomic mass is 9.99. The molecule has 42 heavy (non-hydrogen) atoms. The highest BCUT2D eigenvalue weighted by Gasteiger charge is 2.39. The lowest BCUT2D eigenvalue weighted by Gasteiger charge is -2.34. The summed E-state index contributed by atoms with van der Waals surface area (Å²) in [5.74, 6) is -0.332. The SMILES string of the molecule is Cn1cc(-c2ccc3c(c2)OCC[C@@H]2CC[C@H](O)[C@@H](CNC(=O)[C@@H]4C[C@@H](CN4Cc4ccc(F)cc4)NC3=O)O2)cn1. The molecule has 3 aliphatic rings. The van der Waals surface area contributed by atoms with E-state index in [-0.39, 0.29) is 36.3 Å². The number of likely N-dealkylation sites (tertiary alicyclic amines) is 1. The fraction of sp³-hybridized carbons (Fsp3) is 0.452. The number of carbonyl (C=O) groups is 2. The number of fused-ring (bicyclic) bond motifs is 5. The quantitative estimate of drug-likeness (QED) is 0.438. The fourth-order valence-corrected chi connectivity index (χ4v) is 6.09. The second kappa shape index (κ2) is 12.2. The first-order valence-electron chi connectivity index (χ1n) is 14.5. The van der Waals surface area contributed by atoms with Crippen LogP contribution in [0.1, 0.15) is 41.6 Å². The largest absolute Gasteiger partial charge is 0.493 e. The van der Waals surface area contributed by atoms with Gasteiger partial charge in [-0.25, -0.2) is 4.39 Å². The molecule has 0 saturated carbocycles. The molecule has 0 unspecified atom stereocenters. The first-order chi connectivity index (χ1) is 20.3. The van der Waals surface area contributed by atoms with Crippen molar-refractivity contribution in [3.05, 3.63) is 71.8 Å². The number of aliphatic hydroxyl groups is 1. The minimum atomic E-state index is -0.671. The zero-order valence-electron chi connectivity index (χ0n) is 23.5. The summed E-state index contributed by atoms with van der Waals surface area (Å²) < 4.78 is 27.6. The molecular formula is C31H36FN5O5. The van der Waals surface area contributed by atoms with Gasteiger partial charge in [0.2, 0.25) is 5.91 Å². The molecule has 3 aliphatic heterocycles. The van der Waals surface area contributed by atoms with Crippen molar-refractivity contribution in [2.75, 3.05) is 19.7 Å². The monoisotopic (exact) mass is 577 g/mol. The van der Waals surface area contributed by atoms with Crippen molar-refractivity contribution in [1.82, 2.24) is 25.3 Å². The van der Waals surface area contributed by atoms with Crippen LogP contribution >= 0.6 is 0 Å². The second-order valence-electron chi connectivity index (χ2n) is 11.4. The van der Waals surface area contributed by atoms with Gasteiger partial charge in [-0.15, -0.1) is 0 Å². The third-order valence-corrected chi connectivity index (χ3v) is 8.36. The number of aryl methyl sites for hydroxylation is 1. The summed E-state index contributed by atoms with van der Waals surface area (Å²) in [5, 5.41) is 20.9. The smallest absolute Gasteiger partial charge is 0.255 e. The zero-order valence-corrected chi connectivity index (χ0v) is 23.5. The first kappa shape index (κ1) is 28.3. The minimum absolute atomic E-state index is 0.146. The Bertz CT molecular complexity index is 1430. The molecule has 6 rings (SSSR count). The average Bonchev–Trinajstić information content (AvgIpc) is 3.59. The van der Waals surface area contributed by atoms with Crippen LogP contribution in [0, 0.1) is 5.82 Å². The van der Waals surface area contributed by atoms with Crippen LogP contribution in [0.25, 0.3) is 11.1 Å². The molecule has 0 aliphatic carbocycles. The molecule has 5 atom stereocenters. The summed E-state index contributed by atoms with van der Waals surface area (Å²) in [5.41, 5.74) is 3.06. The number of rotatable bonds is 3. The first-order valence-corrected chi connectivity index (χ1v) is 14.5. The summed E-state index contributed by atoms with van der Waals surface area (Å²) >= 11 is 0. The lowest BCUT2D eigenvalue weighted by Crippen LogP contribution is -2.50. The standard InChI is InChI=1S/C31H36FN5O5/c1-36-17-21(14-34-36)20-4-8-25-28(12-20)41-11-10-24-7-9-27(38)29(42-24)15-33-31(40)26-13-23(35-30(25)39)18-37(26)16-19-2-5-22(32)6-3-19/h2-6,8,12,14,17,23-24,26-27,29,38H,7,9-11,13,15-16,18H2,1H3,(H,33,40)(H,35,39)/t23-,24-,26-,27-,29+/m0/s1. The lowest BCUT2D eigenvalue weighted by molar-refractivity contribution is -0.133. The van der Waals surface area contributed by atoms with Gasteiger partial charge in [0.05, 0.1) is 36.6 Å². The molecule has 2 amide bonds. The normalized spacial score (nSPS) is 27.1. The Morgan fingerprint density at radius 3 is 2.71 bits per heavy atom. The summed E-state index contributed by atoms with van der Waals surface area (Å²) in [4.78, 5) is 29.1. The Morgan fingerprint density at radius 2 is 1.93 bits per heavy atom. The van der Waals surface area contributed by atoms with E-state index in [2.05, 4.69) is 15.7 Å². The predicted molar refractivity (Wildman–Crippen MR) is 152 cm³/mol. The van der Waals surface area contributed by atoms with Crippen molar-refractivity contribution in [2.45, 2.75) is 62.6 Å². The number of hydrogen-bond acceptors (Lipinski definition) is 7. The van der Waals surface area contributed by atoms with Crippen molar-refractivity contribution >= 4 is 11.8 Å². The third kappa shape index (κ3) is 6.33. The number of amides is 2. The van der Waals surface area contributed by atoms with E-state index >= 15 is 0 Å². The van der Waals surface area contributed by atoms with Crippen molar-refractivity contribution in [1.29, 1.82) is 0 Å². The fourth-order valence-electron chi connectivity index (χ4n) is 6.09. The van der Waals surface area contributed by atoms with E-state index in [1.807, 2.05) is 30.3 Å². The van der Waals surface area contributed by atoms with Gasteiger partial charge in [-0.3, -0.25) is 19.2 Å². The van der Waals surface area contributed by atoms with Crippen molar-refractivity contribution in [3.63, 3.8) is 0 Å². The van der Waals surface area contributed by atoms with E-state index in [4.69, 9.17) is 9.47 Å². The van der Waals surface area contributed by atoms with Crippen molar-refractivity contribution in [2.24, 2.45) is 7.05 Å². The van der Waals surface area contributed by atoms with Gasteiger partial charge >= 0.3 is 0 Å². The molecule has 2 aromatic carbocycles. The number of halogens is 1. The molecule has 2 fully saturated rings. The maximum Gasteiger partial charge on any atom is 0.255 e. The van der Waals surface area contributed by atoms with E-state index in [0.29, 0.717) is 56.7 Å². The van der Waals surface area contributed by atoms with Gasteiger partial charge in [0.15, 0.2) is 0 Å². The van der Waals surface area contributed by atoms with Gasteiger partial charge in [0, 0.05) is 50.9 Å². The van der Waals surface area contributed by atoms with E-state index in [1.54, 1.807) is 29.1 Å². The molecular weight excluding hydrogens is 541 g/mol. The van der Waals surface area contributed by atoms with Gasteiger partial charge in [0.25, 0.3) is 5.91 Å². The number of carbonyl (C=O) groups excluding carboxylic acids is 2. The van der Waals surface area contributed by atoms with Gasteiger partial charge in [-0.1, -0.05) is 18.2 Å². The molecule has 2 saturated heterocycles. The van der Waals surface area contributed by atoms with Crippen LogP contribution in [0.2, 0.25) is 0 Å². The van der Waals surface area contributed by atoms with Crippen LogP contribution in [0.3, 0.4) is 0 Å². The molecule has 1 aromatic heterocycles. The maximum absolute atomic E-state index is 13.6. The molecule has 3 N–H and O–H groups in total. The number of nitrogens with zero attached hydrogens (tertiary/aromatic N) is 3. The maximum atomic E-state index is 13.6. The Kier molecular flexibility index (Phi) is 8.23. The summed E-state index contributed by atoms with van der Waals surface area (Å²) in [6.07, 6.45) is 4.54. The Hall–Kier alpha value is -3.80. The summed E-state index contributed by atoms with van der Waals surface area (Å²) in [7, 11) is 1.85. The van der Waals surface area contributed by atoms with E-state index in [0.717, 1.165) is 16.7 Å². The number of hydrogen-bond donors (Lipinski definition) is 3. The third-order valence-electron chi connectivity index (χ3n) is 8.36. The highest BCUT2D eigenvalue weighted by atomic mass is 19.1. The van der Waals surface area contributed by atoms with Crippen LogP contribution in [0.4, 0.5) is 4.39 Å². The number of aromatic nitrogens is 2. The predicted octanol–water partition coefficient (Wildman–Crippen LogP) is 2.41. The number of benzene rings is 2. The van der Waals surface area contributed by atoms with Crippen LogP contribution in [0.5, 0.6) is 5.75 Å². The van der Waals surface area contributed by atoms with Gasteiger partial charge in [0.1, 0.15) is 17.7 Å². The van der Waals surface area contributed by atoms with E-state index < -0.39 is 18.2 Å². The van der Waals surface area contributed by atoms with Crippen LogP contribution in [-0.4, -0.2) is 81.7 Å². The van der Waals surface area contributed by atoms with Crippen LogP contribution < -0.4 is 15.4 Å². The van der Waals surface area contributed by atoms with Crippen LogP contribution in [-0.2, 0) is 23.1 Å². The molecule has 4 bridgehead atoms. The van der Waals surface area contributed by atoms with Gasteiger partial charge in [-0.2, -0.15) is 5.10 Å². The molecule has 4 heterocycles. The van der Waals surface area contributed by atoms with Crippen LogP contribution in [0.15, 0.2) is 54.9 Å². The second-order valence-corrected chi connectivity index (χ2v) is 11.4. The van der Waals surface area contributed by atoms with Gasteiger partial charge < -0.3 is 25.2 Å². The molecule has 11 heteroatoms. The zero-order chi connectivity index (χ0) is 29.2. The van der Waals surface area contributed by atoms with Crippen molar-refractivity contribution in [3.8, 4) is 16.9 Å². The van der Waals surface area contributed by atoms with E-state index in [1.165, 1.54) is 12.1 Å². The number of aliphatic hydroxyl groups excluding tert-OH is 1. The Balaban J connectivity index is 1.29. The summed E-state index contributed by atoms with van der Waals surface area (Å²) in [6.45, 7) is 1.37. The minimum Gasteiger partial charge on any atom is -0.493 e. The molecule has 3 aromatic rings. The average molecular weight is 578 g/mol.